The molecule has 2 nitrogen and oxygen atoms in total. The molecule has 2 aromatic carbocycles. The van der Waals surface area contributed by atoms with Gasteiger partial charge >= 0.3 is 0 Å². The molecule has 0 aromatic heterocycles. The normalized spacial score (nSPS) is 12.3. The second kappa shape index (κ2) is 7.27. The molecule has 0 bridgehead atoms. The number of phenols is 2. The fourth-order valence-electron chi connectivity index (χ4n) is 2.78. The Bertz CT molecular complexity index is 802. The van der Waals surface area contributed by atoms with Gasteiger partial charge in [0.25, 0.3) is 0 Å². The second-order valence-corrected chi connectivity index (χ2v) is 5.85. The first kappa shape index (κ1) is 16.2. The zero-order valence-corrected chi connectivity index (χ0v) is 13.8. The number of rotatable bonds is 5. The van der Waals surface area contributed by atoms with E-state index in [9.17, 15) is 10.2 Å². The lowest BCUT2D eigenvalue weighted by Gasteiger charge is -2.16. The van der Waals surface area contributed by atoms with Crippen molar-refractivity contribution < 1.29 is 10.2 Å². The van der Waals surface area contributed by atoms with E-state index in [4.69, 9.17) is 11.6 Å². The molecule has 2 aromatic rings. The summed E-state index contributed by atoms with van der Waals surface area (Å²) >= 11 is 6.05. The number of allylic oxidation sites excluding steroid dienone is 4. The molecule has 0 amide bonds. The van der Waals surface area contributed by atoms with Gasteiger partial charge in [-0.05, 0) is 65.1 Å². The molecule has 120 valence electrons. The van der Waals surface area contributed by atoms with Crippen LogP contribution in [0.5, 0.6) is 11.5 Å². The van der Waals surface area contributed by atoms with Gasteiger partial charge in [0.2, 0.25) is 0 Å². The Morgan fingerprint density at radius 2 is 1.42 bits per heavy atom. The molecule has 0 aliphatic heterocycles. The minimum Gasteiger partial charge on any atom is -0.508 e. The number of aromatic hydroxyl groups is 2. The van der Waals surface area contributed by atoms with E-state index in [0.29, 0.717) is 12.3 Å². The molecule has 0 fully saturated rings. The Hall–Kier alpha value is -2.67. The molecular formula is C21H17ClO2. The van der Waals surface area contributed by atoms with Gasteiger partial charge in [-0.3, -0.25) is 0 Å². The molecule has 0 saturated heterocycles. The summed E-state index contributed by atoms with van der Waals surface area (Å²) in [6.07, 6.45) is 6.55. The first-order chi connectivity index (χ1) is 11.7. The molecule has 3 heteroatoms. The molecule has 0 heterocycles. The van der Waals surface area contributed by atoms with Crippen LogP contribution in [0, 0.1) is 0 Å². The molecule has 0 unspecified atom stereocenters. The number of benzene rings is 2. The zero-order chi connectivity index (χ0) is 16.9. The minimum atomic E-state index is 0.225. The van der Waals surface area contributed by atoms with Gasteiger partial charge in [0.15, 0.2) is 0 Å². The topological polar surface area (TPSA) is 40.5 Å². The van der Waals surface area contributed by atoms with E-state index in [0.717, 1.165) is 27.8 Å². The molecule has 0 atom stereocenters. The highest BCUT2D eigenvalue weighted by Gasteiger charge is 2.15. The predicted octanol–water partition coefficient (Wildman–Crippen LogP) is 5.18. The molecule has 0 radical (unpaired) electrons. The first-order valence-corrected chi connectivity index (χ1v) is 8.24. The SMILES string of the molecule is Oc1ccc(C(=C(CCCl)C2=C=CC=C2)c2ccc(O)cc2)cc1. The summed E-state index contributed by atoms with van der Waals surface area (Å²) < 4.78 is 0. The average Bonchev–Trinajstić information content (AvgIpc) is 3.12. The largest absolute Gasteiger partial charge is 0.508 e. The van der Waals surface area contributed by atoms with Crippen molar-refractivity contribution in [2.24, 2.45) is 0 Å². The smallest absolute Gasteiger partial charge is 0.115 e. The number of halogens is 1. The van der Waals surface area contributed by atoms with Crippen molar-refractivity contribution in [1.82, 2.24) is 0 Å². The summed E-state index contributed by atoms with van der Waals surface area (Å²) in [6.45, 7) is 0. The maximum Gasteiger partial charge on any atom is 0.115 e. The van der Waals surface area contributed by atoms with Gasteiger partial charge in [0.1, 0.15) is 11.5 Å². The van der Waals surface area contributed by atoms with Crippen molar-refractivity contribution in [3.05, 3.63) is 94.8 Å². The van der Waals surface area contributed by atoms with E-state index < -0.39 is 0 Å². The lowest BCUT2D eigenvalue weighted by Crippen LogP contribution is -1.98. The molecule has 2 N–H and O–H groups in total. The van der Waals surface area contributed by atoms with Crippen molar-refractivity contribution in [3.8, 4) is 11.5 Å². The van der Waals surface area contributed by atoms with Crippen LogP contribution in [-0.4, -0.2) is 16.1 Å². The number of hydrogen-bond donors (Lipinski definition) is 2. The van der Waals surface area contributed by atoms with E-state index >= 15 is 0 Å². The summed E-state index contributed by atoms with van der Waals surface area (Å²) in [5, 5.41) is 19.2. The van der Waals surface area contributed by atoms with Crippen molar-refractivity contribution in [2.75, 3.05) is 5.88 Å². The first-order valence-electron chi connectivity index (χ1n) is 7.70. The van der Waals surface area contributed by atoms with Gasteiger partial charge in [0, 0.05) is 11.5 Å². The summed E-state index contributed by atoms with van der Waals surface area (Å²) in [5.41, 5.74) is 8.33. The molecule has 1 aliphatic carbocycles. The van der Waals surface area contributed by atoms with Crippen LogP contribution in [0.4, 0.5) is 0 Å². The van der Waals surface area contributed by atoms with Crippen molar-refractivity contribution in [1.29, 1.82) is 0 Å². The standard InChI is InChI=1S/C21H17ClO2/c22-14-13-20(15-3-1-2-4-15)21(16-5-9-18(23)10-6-16)17-7-11-19(24)12-8-17/h1-3,5-12,23-24H,13-14H2. The zero-order valence-electron chi connectivity index (χ0n) is 13.0. The summed E-state index contributed by atoms with van der Waals surface area (Å²) in [4.78, 5) is 0. The Balaban J connectivity index is 2.24. The third-order valence-electron chi connectivity index (χ3n) is 3.88. The lowest BCUT2D eigenvalue weighted by atomic mass is 9.88. The van der Waals surface area contributed by atoms with Crippen molar-refractivity contribution in [2.45, 2.75) is 6.42 Å². The molecule has 3 rings (SSSR count). The average molecular weight is 337 g/mol. The lowest BCUT2D eigenvalue weighted by molar-refractivity contribution is 0.475. The van der Waals surface area contributed by atoms with E-state index in [2.05, 4.69) is 5.73 Å². The second-order valence-electron chi connectivity index (χ2n) is 5.47. The third kappa shape index (κ3) is 3.46. The maximum absolute atomic E-state index is 9.59. The van der Waals surface area contributed by atoms with Crippen LogP contribution in [0.15, 0.2) is 83.6 Å². The highest BCUT2D eigenvalue weighted by atomic mass is 35.5. The molecule has 1 aliphatic rings. The van der Waals surface area contributed by atoms with Crippen LogP contribution in [0.1, 0.15) is 17.5 Å². The van der Waals surface area contributed by atoms with Crippen LogP contribution in [0.3, 0.4) is 0 Å². The van der Waals surface area contributed by atoms with E-state index in [1.54, 1.807) is 24.3 Å². The Kier molecular flexibility index (Phi) is 4.90. The molecule has 24 heavy (non-hydrogen) atoms. The molecular weight excluding hydrogens is 320 g/mol. The van der Waals surface area contributed by atoms with Crippen LogP contribution in [0.2, 0.25) is 0 Å². The van der Waals surface area contributed by atoms with E-state index in [1.807, 2.05) is 42.5 Å². The van der Waals surface area contributed by atoms with Gasteiger partial charge in [-0.1, -0.05) is 30.3 Å². The number of phenolic OH excluding ortho intramolecular Hbond substituents is 2. The van der Waals surface area contributed by atoms with Gasteiger partial charge in [-0.2, -0.15) is 0 Å². The predicted molar refractivity (Wildman–Crippen MR) is 98.3 cm³/mol. The minimum absolute atomic E-state index is 0.225. The van der Waals surface area contributed by atoms with Crippen molar-refractivity contribution in [3.63, 3.8) is 0 Å². The summed E-state index contributed by atoms with van der Waals surface area (Å²) in [7, 11) is 0. The van der Waals surface area contributed by atoms with Crippen LogP contribution in [0.25, 0.3) is 5.57 Å². The van der Waals surface area contributed by atoms with Crippen LogP contribution in [-0.2, 0) is 0 Å². The Morgan fingerprint density at radius 3 is 1.83 bits per heavy atom. The van der Waals surface area contributed by atoms with Gasteiger partial charge in [-0.25, -0.2) is 0 Å². The fraction of sp³-hybridized carbons (Fsp3) is 0.0952. The van der Waals surface area contributed by atoms with Crippen LogP contribution >= 0.6 is 11.6 Å². The summed E-state index contributed by atoms with van der Waals surface area (Å²) in [5.74, 6) is 0.943. The monoisotopic (exact) mass is 336 g/mol. The van der Waals surface area contributed by atoms with E-state index in [1.165, 1.54) is 0 Å². The third-order valence-corrected chi connectivity index (χ3v) is 4.07. The van der Waals surface area contributed by atoms with Gasteiger partial charge in [0.05, 0.1) is 0 Å². The number of alkyl halides is 1. The maximum atomic E-state index is 9.59. The summed E-state index contributed by atoms with van der Waals surface area (Å²) in [6, 6.07) is 14.2. The Labute approximate surface area is 146 Å². The molecule has 0 saturated carbocycles. The number of hydrogen-bond acceptors (Lipinski definition) is 2. The highest BCUT2D eigenvalue weighted by molar-refractivity contribution is 6.18. The fourth-order valence-corrected chi connectivity index (χ4v) is 2.97. The van der Waals surface area contributed by atoms with Crippen LogP contribution < -0.4 is 0 Å². The van der Waals surface area contributed by atoms with Gasteiger partial charge in [-0.15, -0.1) is 17.3 Å². The van der Waals surface area contributed by atoms with Crippen molar-refractivity contribution >= 4 is 17.2 Å². The van der Waals surface area contributed by atoms with Gasteiger partial charge < -0.3 is 10.2 Å². The van der Waals surface area contributed by atoms with E-state index in [-0.39, 0.29) is 11.5 Å². The Morgan fingerprint density at radius 1 is 0.875 bits per heavy atom. The molecule has 0 spiro atoms. The highest BCUT2D eigenvalue weighted by Crippen LogP contribution is 2.34. The quantitative estimate of drug-likeness (QED) is 0.583.